The van der Waals surface area contributed by atoms with Crippen molar-refractivity contribution in [1.29, 1.82) is 0 Å². The number of ether oxygens (including phenoxy) is 1. The van der Waals surface area contributed by atoms with Crippen LogP contribution in [-0.4, -0.2) is 30.9 Å². The van der Waals surface area contributed by atoms with Crippen molar-refractivity contribution in [2.24, 2.45) is 5.41 Å². The maximum absolute atomic E-state index is 9.87. The van der Waals surface area contributed by atoms with Crippen LogP contribution in [-0.2, 0) is 0 Å². The summed E-state index contributed by atoms with van der Waals surface area (Å²) in [4.78, 5) is 0. The molecule has 2 N–H and O–H groups in total. The minimum atomic E-state index is -0.476. The molecule has 0 radical (unpaired) electrons. The van der Waals surface area contributed by atoms with Crippen molar-refractivity contribution in [1.82, 2.24) is 5.32 Å². The van der Waals surface area contributed by atoms with Crippen LogP contribution in [0.2, 0.25) is 0 Å². The van der Waals surface area contributed by atoms with Gasteiger partial charge in [-0.15, -0.1) is 0 Å². The molecule has 106 valence electrons. The summed E-state index contributed by atoms with van der Waals surface area (Å²) in [6.45, 7) is 6.18. The highest BCUT2D eigenvalue weighted by atomic mass is 79.9. The molecule has 1 aromatic rings. The van der Waals surface area contributed by atoms with E-state index in [0.29, 0.717) is 18.6 Å². The van der Waals surface area contributed by atoms with Gasteiger partial charge in [0, 0.05) is 13.1 Å². The Hall–Kier alpha value is -0.580. The van der Waals surface area contributed by atoms with Crippen LogP contribution in [0.25, 0.3) is 0 Å². The van der Waals surface area contributed by atoms with Crippen molar-refractivity contribution < 1.29 is 9.84 Å². The van der Waals surface area contributed by atoms with Crippen LogP contribution in [0.15, 0.2) is 22.7 Å². The Kier molecular flexibility index (Phi) is 4.87. The Labute approximate surface area is 123 Å². The van der Waals surface area contributed by atoms with Crippen LogP contribution in [0.1, 0.15) is 25.3 Å². The van der Waals surface area contributed by atoms with Gasteiger partial charge in [0.2, 0.25) is 0 Å². The van der Waals surface area contributed by atoms with Gasteiger partial charge < -0.3 is 15.2 Å². The fourth-order valence-electron chi connectivity index (χ4n) is 1.90. The number of halogens is 1. The Balaban J connectivity index is 1.69. The number of aryl methyl sites for hydroxylation is 1. The van der Waals surface area contributed by atoms with E-state index in [4.69, 9.17) is 4.74 Å². The van der Waals surface area contributed by atoms with Gasteiger partial charge in [-0.05, 0) is 58.8 Å². The van der Waals surface area contributed by atoms with E-state index in [1.165, 1.54) is 18.4 Å². The predicted octanol–water partition coefficient (Wildman–Crippen LogP) is 2.89. The maximum Gasteiger partial charge on any atom is 0.133 e. The van der Waals surface area contributed by atoms with Gasteiger partial charge in [0.05, 0.1) is 4.47 Å². The molecule has 1 aliphatic carbocycles. The largest absolute Gasteiger partial charge is 0.490 e. The minimum absolute atomic E-state index is 0.311. The zero-order chi connectivity index (χ0) is 13.9. The SMILES string of the molecule is Cc1ccc(OCC(O)CNCC2(C)CC2)c(Br)c1. The quantitative estimate of drug-likeness (QED) is 0.809. The summed E-state index contributed by atoms with van der Waals surface area (Å²) in [5.41, 5.74) is 1.65. The molecule has 4 heteroatoms. The molecule has 0 bridgehead atoms. The van der Waals surface area contributed by atoms with Crippen LogP contribution in [0, 0.1) is 12.3 Å². The molecule has 2 rings (SSSR count). The van der Waals surface area contributed by atoms with Crippen LogP contribution >= 0.6 is 15.9 Å². The summed E-state index contributed by atoms with van der Waals surface area (Å²) in [7, 11) is 0. The second kappa shape index (κ2) is 6.25. The van der Waals surface area contributed by atoms with Gasteiger partial charge in [-0.25, -0.2) is 0 Å². The van der Waals surface area contributed by atoms with Gasteiger partial charge in [0.1, 0.15) is 18.5 Å². The van der Waals surface area contributed by atoms with Gasteiger partial charge >= 0.3 is 0 Å². The fourth-order valence-corrected chi connectivity index (χ4v) is 2.51. The van der Waals surface area contributed by atoms with E-state index >= 15 is 0 Å². The van der Waals surface area contributed by atoms with E-state index in [9.17, 15) is 5.11 Å². The van der Waals surface area contributed by atoms with Crippen molar-refractivity contribution in [2.75, 3.05) is 19.7 Å². The third-order valence-electron chi connectivity index (χ3n) is 3.55. The minimum Gasteiger partial charge on any atom is -0.490 e. The highest BCUT2D eigenvalue weighted by Gasteiger charge is 2.36. The molecule has 1 unspecified atom stereocenters. The standard InChI is InChI=1S/C15H22BrNO2/c1-11-3-4-14(13(16)7-11)19-9-12(18)8-17-10-15(2)5-6-15/h3-4,7,12,17-18H,5-6,8-10H2,1-2H3. The van der Waals surface area contributed by atoms with Crippen molar-refractivity contribution in [2.45, 2.75) is 32.8 Å². The van der Waals surface area contributed by atoms with E-state index in [1.807, 2.05) is 25.1 Å². The van der Waals surface area contributed by atoms with E-state index in [0.717, 1.165) is 16.8 Å². The number of benzene rings is 1. The smallest absolute Gasteiger partial charge is 0.133 e. The number of nitrogens with one attached hydrogen (secondary N) is 1. The fraction of sp³-hybridized carbons (Fsp3) is 0.600. The van der Waals surface area contributed by atoms with Gasteiger partial charge in [-0.3, -0.25) is 0 Å². The molecule has 0 heterocycles. The van der Waals surface area contributed by atoms with Gasteiger partial charge in [0.25, 0.3) is 0 Å². The molecule has 0 spiro atoms. The summed E-state index contributed by atoms with van der Waals surface area (Å²) >= 11 is 3.46. The number of aliphatic hydroxyl groups excluding tert-OH is 1. The highest BCUT2D eigenvalue weighted by Crippen LogP contribution is 2.43. The normalized spacial score (nSPS) is 18.1. The summed E-state index contributed by atoms with van der Waals surface area (Å²) in [6, 6.07) is 5.93. The first-order chi connectivity index (χ1) is 8.98. The highest BCUT2D eigenvalue weighted by molar-refractivity contribution is 9.10. The average molecular weight is 328 g/mol. The number of hydrogen-bond donors (Lipinski definition) is 2. The molecule has 1 saturated carbocycles. The molecular formula is C15H22BrNO2. The molecule has 3 nitrogen and oxygen atoms in total. The third-order valence-corrected chi connectivity index (χ3v) is 4.17. The first kappa shape index (κ1) is 14.8. The lowest BCUT2D eigenvalue weighted by Crippen LogP contribution is -2.34. The van der Waals surface area contributed by atoms with Crippen molar-refractivity contribution in [3.8, 4) is 5.75 Å². The van der Waals surface area contributed by atoms with Crippen LogP contribution < -0.4 is 10.1 Å². The molecule has 19 heavy (non-hydrogen) atoms. The molecule has 0 amide bonds. The van der Waals surface area contributed by atoms with Crippen molar-refractivity contribution in [3.05, 3.63) is 28.2 Å². The lowest BCUT2D eigenvalue weighted by molar-refractivity contribution is 0.105. The molecule has 1 aromatic carbocycles. The second-order valence-electron chi connectivity index (χ2n) is 5.84. The van der Waals surface area contributed by atoms with Gasteiger partial charge in [-0.1, -0.05) is 13.0 Å². The molecular weight excluding hydrogens is 306 g/mol. The number of aliphatic hydroxyl groups is 1. The molecule has 0 saturated heterocycles. The lowest BCUT2D eigenvalue weighted by Gasteiger charge is -2.16. The topological polar surface area (TPSA) is 41.5 Å². The average Bonchev–Trinajstić information content (AvgIpc) is 3.06. The predicted molar refractivity (Wildman–Crippen MR) is 80.6 cm³/mol. The van der Waals surface area contributed by atoms with Gasteiger partial charge in [0.15, 0.2) is 0 Å². The Morgan fingerprint density at radius 1 is 1.47 bits per heavy atom. The Bertz CT molecular complexity index is 432. The first-order valence-electron chi connectivity index (χ1n) is 6.76. The van der Waals surface area contributed by atoms with E-state index in [2.05, 4.69) is 28.2 Å². The second-order valence-corrected chi connectivity index (χ2v) is 6.69. The van der Waals surface area contributed by atoms with Crippen LogP contribution in [0.3, 0.4) is 0 Å². The Morgan fingerprint density at radius 2 is 2.21 bits per heavy atom. The molecule has 1 aliphatic rings. The van der Waals surface area contributed by atoms with E-state index in [1.54, 1.807) is 0 Å². The molecule has 1 fully saturated rings. The zero-order valence-corrected chi connectivity index (χ0v) is 13.2. The monoisotopic (exact) mass is 327 g/mol. The zero-order valence-electron chi connectivity index (χ0n) is 11.6. The van der Waals surface area contributed by atoms with E-state index in [-0.39, 0.29) is 0 Å². The maximum atomic E-state index is 9.87. The summed E-state index contributed by atoms with van der Waals surface area (Å²) < 4.78 is 6.54. The van der Waals surface area contributed by atoms with Crippen molar-refractivity contribution >= 4 is 15.9 Å². The third kappa shape index (κ3) is 4.79. The van der Waals surface area contributed by atoms with Crippen LogP contribution in [0.5, 0.6) is 5.75 Å². The Morgan fingerprint density at radius 3 is 2.84 bits per heavy atom. The number of hydrogen-bond acceptors (Lipinski definition) is 3. The van der Waals surface area contributed by atoms with Crippen molar-refractivity contribution in [3.63, 3.8) is 0 Å². The first-order valence-corrected chi connectivity index (χ1v) is 7.56. The van der Waals surface area contributed by atoms with E-state index < -0.39 is 6.10 Å². The molecule has 0 aromatic heterocycles. The molecule has 0 aliphatic heterocycles. The number of rotatable bonds is 7. The summed E-state index contributed by atoms with van der Waals surface area (Å²) in [6.07, 6.45) is 2.11. The van der Waals surface area contributed by atoms with Crippen LogP contribution in [0.4, 0.5) is 0 Å². The summed E-state index contributed by atoms with van der Waals surface area (Å²) in [5, 5.41) is 13.2. The molecule has 1 atom stereocenters. The van der Waals surface area contributed by atoms with Gasteiger partial charge in [-0.2, -0.15) is 0 Å². The lowest BCUT2D eigenvalue weighted by atomic mass is 10.1. The summed E-state index contributed by atoms with van der Waals surface area (Å²) in [5.74, 6) is 0.777.